The summed E-state index contributed by atoms with van der Waals surface area (Å²) in [6.07, 6.45) is 6.07. The number of rotatable bonds is 14. The van der Waals surface area contributed by atoms with Crippen LogP contribution in [0.3, 0.4) is 0 Å². The van der Waals surface area contributed by atoms with Crippen molar-refractivity contribution < 1.29 is 29.0 Å². The van der Waals surface area contributed by atoms with Gasteiger partial charge in [0.1, 0.15) is 11.5 Å². The standard InChI is InChI=1S/C37H49N5O6/c1-4-6-14-40(15-7-5-2)36(45)33-25-41(17-16-39-18-20-48-21-19-39)34(38-33)31-13-12-28(37(46)47-3)23-32(31)35(44)42-24-29-11-9-8-10-27(29)22-30(42)26-43/h8-13,23,25,30,43H,4-7,14-22,24,26H2,1-3H3. The van der Waals surface area contributed by atoms with Crippen LogP contribution in [0, 0.1) is 0 Å². The molecule has 1 saturated heterocycles. The second-order valence-electron chi connectivity index (χ2n) is 12.6. The Labute approximate surface area is 283 Å². The van der Waals surface area contributed by atoms with Gasteiger partial charge in [-0.2, -0.15) is 0 Å². The van der Waals surface area contributed by atoms with Gasteiger partial charge in [-0.15, -0.1) is 0 Å². The van der Waals surface area contributed by atoms with Crippen molar-refractivity contribution in [2.24, 2.45) is 0 Å². The minimum Gasteiger partial charge on any atom is -0.465 e. The molecule has 0 saturated carbocycles. The second kappa shape index (κ2) is 16.9. The van der Waals surface area contributed by atoms with E-state index in [1.807, 2.05) is 33.7 Å². The Morgan fingerprint density at radius 3 is 2.38 bits per heavy atom. The van der Waals surface area contributed by atoms with Gasteiger partial charge in [0.15, 0.2) is 0 Å². The van der Waals surface area contributed by atoms with E-state index in [1.165, 1.54) is 7.11 Å². The lowest BCUT2D eigenvalue weighted by atomic mass is 9.92. The highest BCUT2D eigenvalue weighted by atomic mass is 16.5. The van der Waals surface area contributed by atoms with Gasteiger partial charge in [0.25, 0.3) is 11.8 Å². The number of amides is 2. The minimum atomic E-state index is -0.563. The molecule has 0 spiro atoms. The first-order chi connectivity index (χ1) is 23.4. The van der Waals surface area contributed by atoms with Gasteiger partial charge >= 0.3 is 5.97 Å². The van der Waals surface area contributed by atoms with E-state index in [-0.39, 0.29) is 29.5 Å². The van der Waals surface area contributed by atoms with Gasteiger partial charge in [-0.25, -0.2) is 9.78 Å². The average Bonchev–Trinajstić information content (AvgIpc) is 3.56. The molecule has 0 bridgehead atoms. The van der Waals surface area contributed by atoms with Gasteiger partial charge in [0.05, 0.1) is 44.1 Å². The number of morpholine rings is 1. The first-order valence-electron chi connectivity index (χ1n) is 17.3. The number of carbonyl (C=O) groups is 3. The normalized spacial score (nSPS) is 16.4. The number of aliphatic hydroxyl groups is 1. The first-order valence-corrected chi connectivity index (χ1v) is 17.3. The quantitative estimate of drug-likeness (QED) is 0.255. The van der Waals surface area contributed by atoms with Gasteiger partial charge in [0.2, 0.25) is 0 Å². The van der Waals surface area contributed by atoms with Gasteiger partial charge in [0, 0.05) is 57.6 Å². The summed E-state index contributed by atoms with van der Waals surface area (Å²) in [5.41, 5.74) is 3.45. The molecule has 2 aliphatic heterocycles. The van der Waals surface area contributed by atoms with Crippen molar-refractivity contribution in [1.82, 2.24) is 24.3 Å². The van der Waals surface area contributed by atoms with Crippen molar-refractivity contribution in [1.29, 1.82) is 0 Å². The summed E-state index contributed by atoms with van der Waals surface area (Å²) in [6, 6.07) is 12.4. The van der Waals surface area contributed by atoms with Crippen LogP contribution in [0.25, 0.3) is 11.4 Å². The number of aromatic nitrogens is 2. The van der Waals surface area contributed by atoms with E-state index in [1.54, 1.807) is 29.3 Å². The summed E-state index contributed by atoms with van der Waals surface area (Å²) in [7, 11) is 1.31. The third-order valence-electron chi connectivity index (χ3n) is 9.35. The molecule has 1 unspecified atom stereocenters. The Bertz CT molecular complexity index is 1560. The third kappa shape index (κ3) is 8.14. The molecule has 1 fully saturated rings. The smallest absolute Gasteiger partial charge is 0.337 e. The molecule has 3 aromatic rings. The van der Waals surface area contributed by atoms with E-state index < -0.39 is 12.0 Å². The number of nitrogens with zero attached hydrogens (tertiary/aromatic N) is 5. The SMILES string of the molecule is CCCCN(CCCC)C(=O)c1cn(CCN2CCOCC2)c(-c2ccc(C(=O)OC)cc2C(=O)N2Cc3ccccc3CC2CO)n1. The maximum Gasteiger partial charge on any atom is 0.337 e. The largest absolute Gasteiger partial charge is 0.465 e. The summed E-state index contributed by atoms with van der Waals surface area (Å²) < 4.78 is 12.5. The molecule has 48 heavy (non-hydrogen) atoms. The molecule has 3 heterocycles. The van der Waals surface area contributed by atoms with Crippen LogP contribution in [-0.4, -0.2) is 113 Å². The molecule has 1 aromatic heterocycles. The fourth-order valence-corrected chi connectivity index (χ4v) is 6.46. The van der Waals surface area contributed by atoms with E-state index >= 15 is 0 Å². The maximum absolute atomic E-state index is 14.6. The molecule has 0 radical (unpaired) electrons. The summed E-state index contributed by atoms with van der Waals surface area (Å²) in [4.78, 5) is 52.0. The maximum atomic E-state index is 14.6. The van der Waals surface area contributed by atoms with E-state index in [2.05, 4.69) is 18.7 Å². The molecule has 0 aliphatic carbocycles. The van der Waals surface area contributed by atoms with Crippen molar-refractivity contribution in [3.63, 3.8) is 0 Å². The fraction of sp³-hybridized carbons (Fsp3) is 0.514. The lowest BCUT2D eigenvalue weighted by Gasteiger charge is -2.36. The monoisotopic (exact) mass is 659 g/mol. The van der Waals surface area contributed by atoms with Gasteiger partial charge in [-0.1, -0.05) is 51.0 Å². The van der Waals surface area contributed by atoms with Crippen molar-refractivity contribution >= 4 is 17.8 Å². The zero-order chi connectivity index (χ0) is 34.0. The van der Waals surface area contributed by atoms with Crippen LogP contribution in [-0.2, 0) is 29.0 Å². The minimum absolute atomic E-state index is 0.129. The lowest BCUT2D eigenvalue weighted by molar-refractivity contribution is 0.0364. The zero-order valence-electron chi connectivity index (χ0n) is 28.5. The lowest BCUT2D eigenvalue weighted by Crippen LogP contribution is -2.46. The number of fused-ring (bicyclic) bond motifs is 1. The molecule has 258 valence electrons. The molecule has 5 rings (SSSR count). The molecule has 11 nitrogen and oxygen atoms in total. The third-order valence-corrected chi connectivity index (χ3v) is 9.35. The number of unbranched alkanes of at least 4 members (excludes halogenated alkanes) is 2. The molecule has 11 heteroatoms. The Morgan fingerprint density at radius 1 is 1.00 bits per heavy atom. The van der Waals surface area contributed by atoms with Crippen molar-refractivity contribution in [3.05, 3.63) is 76.6 Å². The number of ether oxygens (including phenoxy) is 2. The molecular weight excluding hydrogens is 610 g/mol. The number of carbonyl (C=O) groups excluding carboxylic acids is 3. The molecule has 2 aromatic carbocycles. The molecular formula is C37H49N5O6. The number of methoxy groups -OCH3 is 1. The van der Waals surface area contributed by atoms with Crippen LogP contribution in [0.5, 0.6) is 0 Å². The van der Waals surface area contributed by atoms with Gasteiger partial charge in [-0.3, -0.25) is 14.5 Å². The summed E-state index contributed by atoms with van der Waals surface area (Å²) in [5, 5.41) is 10.4. The predicted molar refractivity (Wildman–Crippen MR) is 183 cm³/mol. The van der Waals surface area contributed by atoms with E-state index in [9.17, 15) is 19.5 Å². The zero-order valence-corrected chi connectivity index (χ0v) is 28.5. The number of hydrogen-bond donors (Lipinski definition) is 1. The molecule has 2 amide bonds. The number of hydrogen-bond acceptors (Lipinski definition) is 8. The topological polar surface area (TPSA) is 117 Å². The highest BCUT2D eigenvalue weighted by Gasteiger charge is 2.33. The van der Waals surface area contributed by atoms with Gasteiger partial charge < -0.3 is 28.9 Å². The van der Waals surface area contributed by atoms with Crippen LogP contribution in [0.15, 0.2) is 48.7 Å². The summed E-state index contributed by atoms with van der Waals surface area (Å²) >= 11 is 0. The predicted octanol–water partition coefficient (Wildman–Crippen LogP) is 4.27. The van der Waals surface area contributed by atoms with Gasteiger partial charge in [-0.05, 0) is 48.6 Å². The number of benzene rings is 2. The van der Waals surface area contributed by atoms with Crippen LogP contribution in [0.4, 0.5) is 0 Å². The van der Waals surface area contributed by atoms with Crippen molar-refractivity contribution in [2.45, 2.75) is 65.1 Å². The van der Waals surface area contributed by atoms with E-state index in [0.29, 0.717) is 62.9 Å². The molecule has 2 aliphatic rings. The van der Waals surface area contributed by atoms with Crippen LogP contribution in [0.1, 0.15) is 81.9 Å². The summed E-state index contributed by atoms with van der Waals surface area (Å²) in [6.45, 7) is 9.87. The fourth-order valence-electron chi connectivity index (χ4n) is 6.46. The van der Waals surface area contributed by atoms with E-state index in [0.717, 1.165) is 56.4 Å². The Hall–Kier alpha value is -4.06. The van der Waals surface area contributed by atoms with Crippen LogP contribution >= 0.6 is 0 Å². The number of aliphatic hydroxyl groups excluding tert-OH is 1. The summed E-state index contributed by atoms with van der Waals surface area (Å²) in [5.74, 6) is -0.537. The molecule has 1 N–H and O–H groups in total. The van der Waals surface area contributed by atoms with Crippen LogP contribution < -0.4 is 0 Å². The van der Waals surface area contributed by atoms with E-state index in [4.69, 9.17) is 14.5 Å². The van der Waals surface area contributed by atoms with Crippen LogP contribution in [0.2, 0.25) is 0 Å². The first kappa shape index (κ1) is 35.3. The Balaban J connectivity index is 1.58. The van der Waals surface area contributed by atoms with Crippen molar-refractivity contribution in [3.8, 4) is 11.4 Å². The molecule has 1 atom stereocenters. The average molecular weight is 660 g/mol. The highest BCUT2D eigenvalue weighted by molar-refractivity contribution is 6.03. The number of imidazole rings is 1. The number of esters is 1. The Morgan fingerprint density at radius 2 is 1.71 bits per heavy atom. The van der Waals surface area contributed by atoms with Crippen molar-refractivity contribution in [2.75, 3.05) is 59.7 Å². The highest BCUT2D eigenvalue weighted by Crippen LogP contribution is 2.31. The Kier molecular flexibility index (Phi) is 12.4. The second-order valence-corrected chi connectivity index (χ2v) is 12.6.